The molecule has 0 radical (unpaired) electrons. The molecule has 0 aromatic carbocycles. The second-order valence-electron chi connectivity index (χ2n) is 1.74. The second kappa shape index (κ2) is 2.64. The quantitative estimate of drug-likeness (QED) is 0.351. The maximum atomic E-state index is 10.7. The van der Waals surface area contributed by atoms with Gasteiger partial charge in [-0.1, -0.05) is 0 Å². The molecule has 6 heteroatoms. The Bertz CT molecular complexity index is 425. The van der Waals surface area contributed by atoms with E-state index in [4.69, 9.17) is 5.26 Å². The standard InChI is InChI=1S/C5H3N3O2S/c6-1-2-3(9)7-5(10)8-4(2)11/h(H3,7,8,9,10,11). The van der Waals surface area contributed by atoms with E-state index < -0.39 is 11.2 Å². The first-order chi connectivity index (χ1) is 5.15. The van der Waals surface area contributed by atoms with Gasteiger partial charge in [-0.3, -0.25) is 9.78 Å². The van der Waals surface area contributed by atoms with Crippen LogP contribution in [0.15, 0.2) is 14.6 Å². The molecule has 0 spiro atoms. The topological polar surface area (TPSA) is 89.5 Å². The summed E-state index contributed by atoms with van der Waals surface area (Å²) >= 11 is 3.72. The summed E-state index contributed by atoms with van der Waals surface area (Å²) in [5, 5.41) is 8.34. The Morgan fingerprint density at radius 2 is 2.00 bits per heavy atom. The summed E-state index contributed by atoms with van der Waals surface area (Å²) in [5.74, 6) is 0. The monoisotopic (exact) mass is 169 g/mol. The lowest BCUT2D eigenvalue weighted by Crippen LogP contribution is -2.24. The van der Waals surface area contributed by atoms with E-state index in [2.05, 4.69) is 17.6 Å². The first-order valence-electron chi connectivity index (χ1n) is 2.61. The van der Waals surface area contributed by atoms with Gasteiger partial charge in [-0.25, -0.2) is 4.79 Å². The summed E-state index contributed by atoms with van der Waals surface area (Å²) in [6.07, 6.45) is 0. The molecule has 0 atom stereocenters. The van der Waals surface area contributed by atoms with E-state index in [1.54, 1.807) is 6.07 Å². The van der Waals surface area contributed by atoms with Crippen molar-refractivity contribution >= 4 is 12.6 Å². The van der Waals surface area contributed by atoms with Gasteiger partial charge in [-0.2, -0.15) is 5.26 Å². The highest BCUT2D eigenvalue weighted by Gasteiger charge is 2.03. The number of aromatic amines is 2. The zero-order valence-corrected chi connectivity index (χ0v) is 6.11. The van der Waals surface area contributed by atoms with Gasteiger partial charge in [0, 0.05) is 0 Å². The van der Waals surface area contributed by atoms with Crippen LogP contribution in [0.5, 0.6) is 0 Å². The molecule has 0 aliphatic carbocycles. The van der Waals surface area contributed by atoms with Crippen molar-refractivity contribution in [2.24, 2.45) is 0 Å². The summed E-state index contributed by atoms with van der Waals surface area (Å²) in [5.41, 5.74) is -1.58. The lowest BCUT2D eigenvalue weighted by Gasteiger charge is -1.90. The van der Waals surface area contributed by atoms with Gasteiger partial charge in [-0.05, 0) is 0 Å². The largest absolute Gasteiger partial charge is 0.326 e. The van der Waals surface area contributed by atoms with Crippen LogP contribution in [-0.2, 0) is 0 Å². The van der Waals surface area contributed by atoms with E-state index in [1.807, 2.05) is 4.98 Å². The van der Waals surface area contributed by atoms with Crippen LogP contribution in [0.3, 0.4) is 0 Å². The van der Waals surface area contributed by atoms with Crippen molar-refractivity contribution in [3.05, 3.63) is 26.4 Å². The van der Waals surface area contributed by atoms with Crippen molar-refractivity contribution in [1.82, 2.24) is 9.97 Å². The minimum atomic E-state index is -0.721. The fraction of sp³-hybridized carbons (Fsp3) is 0. The van der Waals surface area contributed by atoms with E-state index in [1.165, 1.54) is 0 Å². The van der Waals surface area contributed by atoms with Crippen LogP contribution in [0.4, 0.5) is 0 Å². The van der Waals surface area contributed by atoms with Crippen molar-refractivity contribution in [3.8, 4) is 6.07 Å². The van der Waals surface area contributed by atoms with Gasteiger partial charge >= 0.3 is 5.69 Å². The first-order valence-corrected chi connectivity index (χ1v) is 3.05. The highest BCUT2D eigenvalue weighted by Crippen LogP contribution is 1.98. The number of nitrogens with one attached hydrogen (secondary N) is 2. The van der Waals surface area contributed by atoms with Gasteiger partial charge in [0.15, 0.2) is 0 Å². The van der Waals surface area contributed by atoms with Gasteiger partial charge in [0.2, 0.25) is 0 Å². The number of hydrogen-bond donors (Lipinski definition) is 3. The third kappa shape index (κ3) is 1.33. The minimum Gasteiger partial charge on any atom is -0.301 e. The van der Waals surface area contributed by atoms with Crippen LogP contribution in [0.25, 0.3) is 0 Å². The number of rotatable bonds is 0. The van der Waals surface area contributed by atoms with Gasteiger partial charge in [0.1, 0.15) is 11.6 Å². The zero-order valence-electron chi connectivity index (χ0n) is 5.21. The van der Waals surface area contributed by atoms with Crippen molar-refractivity contribution in [2.45, 2.75) is 5.03 Å². The lowest BCUT2D eigenvalue weighted by molar-refractivity contribution is 0.939. The number of nitriles is 1. The molecule has 2 N–H and O–H groups in total. The maximum Gasteiger partial charge on any atom is 0.326 e. The summed E-state index contributed by atoms with van der Waals surface area (Å²) in [4.78, 5) is 25.3. The van der Waals surface area contributed by atoms with Crippen LogP contribution in [0, 0.1) is 11.3 Å². The molecular weight excluding hydrogens is 166 g/mol. The third-order valence-corrected chi connectivity index (χ3v) is 1.37. The Morgan fingerprint density at radius 3 is 2.45 bits per heavy atom. The zero-order chi connectivity index (χ0) is 8.43. The van der Waals surface area contributed by atoms with E-state index >= 15 is 0 Å². The predicted octanol–water partition coefficient (Wildman–Crippen LogP) is -0.776. The smallest absolute Gasteiger partial charge is 0.301 e. The molecule has 1 aromatic rings. The Kier molecular flexibility index (Phi) is 1.83. The SMILES string of the molecule is N#Cc1c(S)[nH]c(=O)[nH]c1=O. The maximum absolute atomic E-state index is 10.7. The minimum absolute atomic E-state index is 0.0127. The van der Waals surface area contributed by atoms with Crippen molar-refractivity contribution < 1.29 is 0 Å². The van der Waals surface area contributed by atoms with Crippen molar-refractivity contribution in [1.29, 1.82) is 5.26 Å². The molecule has 0 aliphatic rings. The number of thiol groups is 1. The Balaban J connectivity index is 3.66. The van der Waals surface area contributed by atoms with E-state index in [-0.39, 0.29) is 10.6 Å². The molecule has 5 nitrogen and oxygen atoms in total. The van der Waals surface area contributed by atoms with Crippen LogP contribution in [0.1, 0.15) is 5.56 Å². The van der Waals surface area contributed by atoms with Crippen LogP contribution >= 0.6 is 12.6 Å². The second-order valence-corrected chi connectivity index (χ2v) is 2.19. The molecule has 0 aliphatic heterocycles. The lowest BCUT2D eigenvalue weighted by atomic mass is 10.4. The van der Waals surface area contributed by atoms with Crippen LogP contribution < -0.4 is 11.2 Å². The molecular formula is C5H3N3O2S. The molecule has 1 heterocycles. The van der Waals surface area contributed by atoms with Crippen LogP contribution in [0.2, 0.25) is 0 Å². The summed E-state index contributed by atoms with van der Waals surface area (Å²) in [7, 11) is 0. The molecule has 1 rings (SSSR count). The molecule has 0 fully saturated rings. The number of nitrogens with zero attached hydrogens (tertiary/aromatic N) is 1. The molecule has 1 aromatic heterocycles. The summed E-state index contributed by atoms with van der Waals surface area (Å²) < 4.78 is 0. The molecule has 0 amide bonds. The highest BCUT2D eigenvalue weighted by molar-refractivity contribution is 7.80. The normalized spacial score (nSPS) is 9.09. The molecule has 0 unspecified atom stereocenters. The van der Waals surface area contributed by atoms with E-state index in [0.29, 0.717) is 0 Å². The van der Waals surface area contributed by atoms with Gasteiger partial charge in [0.05, 0.1) is 5.03 Å². The van der Waals surface area contributed by atoms with Crippen molar-refractivity contribution in [3.63, 3.8) is 0 Å². The van der Waals surface area contributed by atoms with E-state index in [0.717, 1.165) is 0 Å². The first kappa shape index (κ1) is 7.63. The van der Waals surface area contributed by atoms with Gasteiger partial charge < -0.3 is 4.98 Å². The molecule has 11 heavy (non-hydrogen) atoms. The summed E-state index contributed by atoms with van der Waals surface area (Å²) in [6.45, 7) is 0. The average molecular weight is 169 g/mol. The highest BCUT2D eigenvalue weighted by atomic mass is 32.1. The molecule has 0 saturated carbocycles. The Hall–Kier alpha value is -1.48. The average Bonchev–Trinajstić information content (AvgIpc) is 1.85. The fourth-order valence-electron chi connectivity index (χ4n) is 0.578. The number of H-pyrrole nitrogens is 2. The van der Waals surface area contributed by atoms with Crippen LogP contribution in [-0.4, -0.2) is 9.97 Å². The predicted molar refractivity (Wildman–Crippen MR) is 39.7 cm³/mol. The Labute approximate surface area is 66.1 Å². The third-order valence-electron chi connectivity index (χ3n) is 1.03. The molecule has 56 valence electrons. The number of hydrogen-bond acceptors (Lipinski definition) is 4. The Morgan fingerprint density at radius 1 is 1.36 bits per heavy atom. The molecule has 0 bridgehead atoms. The van der Waals surface area contributed by atoms with Crippen molar-refractivity contribution in [2.75, 3.05) is 0 Å². The number of aromatic nitrogens is 2. The molecule has 0 saturated heterocycles. The van der Waals surface area contributed by atoms with Gasteiger partial charge in [-0.15, -0.1) is 12.6 Å². The fourth-order valence-corrected chi connectivity index (χ4v) is 0.831. The van der Waals surface area contributed by atoms with Gasteiger partial charge in [0.25, 0.3) is 5.56 Å². The van der Waals surface area contributed by atoms with E-state index in [9.17, 15) is 9.59 Å². The summed E-state index contributed by atoms with van der Waals surface area (Å²) in [6, 6.07) is 1.60.